The van der Waals surface area contributed by atoms with Gasteiger partial charge in [0.2, 0.25) is 0 Å². The minimum Gasteiger partial charge on any atom is -0.493 e. The molecule has 25 heavy (non-hydrogen) atoms. The number of rotatable bonds is 4. The fraction of sp³-hybridized carbons (Fsp3) is 0.421. The zero-order valence-corrected chi connectivity index (χ0v) is 15.1. The number of amides is 2. The van der Waals surface area contributed by atoms with Crippen molar-refractivity contribution in [3.05, 3.63) is 46.9 Å². The highest BCUT2D eigenvalue weighted by molar-refractivity contribution is 5.75. The molecule has 1 aliphatic rings. The Bertz CT molecular complexity index is 769. The molecule has 0 saturated heterocycles. The highest BCUT2D eigenvalue weighted by atomic mass is 16.5. The first-order chi connectivity index (χ1) is 12.0. The van der Waals surface area contributed by atoms with Crippen LogP contribution in [0.5, 0.6) is 11.5 Å². The Morgan fingerprint density at radius 1 is 1.20 bits per heavy atom. The molecule has 3 rings (SSSR count). The van der Waals surface area contributed by atoms with Crippen molar-refractivity contribution in [1.82, 2.24) is 10.2 Å². The van der Waals surface area contributed by atoms with Crippen molar-refractivity contribution in [3.8, 4) is 11.5 Å². The van der Waals surface area contributed by atoms with Crippen LogP contribution in [0.15, 0.2) is 28.7 Å². The molecular weight excluding hydrogens is 320 g/mol. The van der Waals surface area contributed by atoms with Gasteiger partial charge in [-0.3, -0.25) is 0 Å². The van der Waals surface area contributed by atoms with Gasteiger partial charge in [0.1, 0.15) is 11.5 Å². The lowest BCUT2D eigenvalue weighted by molar-refractivity contribution is 0.187. The van der Waals surface area contributed by atoms with Gasteiger partial charge < -0.3 is 24.1 Å². The molecule has 1 aromatic carbocycles. The molecule has 2 aromatic rings. The van der Waals surface area contributed by atoms with E-state index in [1.165, 1.54) is 5.56 Å². The van der Waals surface area contributed by atoms with E-state index in [0.29, 0.717) is 18.8 Å². The smallest absolute Gasteiger partial charge is 0.318 e. The average Bonchev–Trinajstić information content (AvgIpc) is 3.06. The van der Waals surface area contributed by atoms with Crippen LogP contribution in [0.3, 0.4) is 0 Å². The number of hydrogen-bond donors (Lipinski definition) is 1. The number of aryl methyl sites for hydroxylation is 1. The molecule has 2 heterocycles. The molecule has 0 saturated carbocycles. The van der Waals surface area contributed by atoms with Crippen LogP contribution in [0.4, 0.5) is 4.79 Å². The third-order valence-electron chi connectivity index (χ3n) is 4.53. The molecule has 0 aliphatic carbocycles. The van der Waals surface area contributed by atoms with Gasteiger partial charge in [-0.1, -0.05) is 0 Å². The molecule has 0 spiro atoms. The summed E-state index contributed by atoms with van der Waals surface area (Å²) in [5, 5.41) is 3.00. The summed E-state index contributed by atoms with van der Waals surface area (Å²) in [5.41, 5.74) is 2.27. The van der Waals surface area contributed by atoms with Crippen molar-refractivity contribution < 1.29 is 18.7 Å². The molecule has 0 fully saturated rings. The van der Waals surface area contributed by atoms with Crippen molar-refractivity contribution in [2.45, 2.75) is 32.9 Å². The number of nitrogens with zero attached hydrogens (tertiary/aromatic N) is 1. The second-order valence-corrected chi connectivity index (χ2v) is 6.27. The first-order valence-electron chi connectivity index (χ1n) is 8.37. The Balaban J connectivity index is 1.70. The molecule has 1 aliphatic heterocycles. The maximum atomic E-state index is 12.6. The van der Waals surface area contributed by atoms with Crippen molar-refractivity contribution in [1.29, 1.82) is 0 Å². The molecule has 0 radical (unpaired) electrons. The van der Waals surface area contributed by atoms with Crippen LogP contribution in [0.25, 0.3) is 0 Å². The monoisotopic (exact) mass is 344 g/mol. The Hall–Kier alpha value is -2.63. The first kappa shape index (κ1) is 17.2. The second-order valence-electron chi connectivity index (χ2n) is 6.27. The molecule has 6 nitrogen and oxygen atoms in total. The minimum atomic E-state index is -0.173. The number of furan rings is 1. The van der Waals surface area contributed by atoms with Gasteiger partial charge in [-0.05, 0) is 55.7 Å². The van der Waals surface area contributed by atoms with Crippen LogP contribution in [0.2, 0.25) is 0 Å². The summed E-state index contributed by atoms with van der Waals surface area (Å²) >= 11 is 0. The van der Waals surface area contributed by atoms with Gasteiger partial charge in [0.25, 0.3) is 0 Å². The molecule has 1 atom stereocenters. The summed E-state index contributed by atoms with van der Waals surface area (Å²) in [5.74, 6) is 3.00. The number of fused-ring (bicyclic) bond motifs is 1. The number of carbonyl (C=O) groups is 1. The number of nitrogens with one attached hydrogen (secondary N) is 1. The molecule has 0 bridgehead atoms. The third-order valence-corrected chi connectivity index (χ3v) is 4.53. The first-order valence-corrected chi connectivity index (χ1v) is 8.37. The number of methoxy groups -OCH3 is 2. The quantitative estimate of drug-likeness (QED) is 0.923. The highest BCUT2D eigenvalue weighted by Crippen LogP contribution is 2.33. The van der Waals surface area contributed by atoms with Gasteiger partial charge in [-0.2, -0.15) is 0 Å². The van der Waals surface area contributed by atoms with Crippen LogP contribution in [-0.2, 0) is 13.0 Å². The van der Waals surface area contributed by atoms with Crippen molar-refractivity contribution in [2.75, 3.05) is 20.8 Å². The Kier molecular flexibility index (Phi) is 4.88. The maximum absolute atomic E-state index is 12.6. The molecule has 1 N–H and O–H groups in total. The van der Waals surface area contributed by atoms with Crippen LogP contribution < -0.4 is 14.8 Å². The Morgan fingerprint density at radius 2 is 1.88 bits per heavy atom. The molecule has 0 unspecified atom stereocenters. The van der Waals surface area contributed by atoms with Crippen LogP contribution in [-0.4, -0.2) is 31.7 Å². The summed E-state index contributed by atoms with van der Waals surface area (Å²) < 4.78 is 16.3. The molecular formula is C19H24N2O4. The predicted octanol–water partition coefficient (Wildman–Crippen LogP) is 3.43. The van der Waals surface area contributed by atoms with Crippen LogP contribution in [0.1, 0.15) is 35.6 Å². The minimum absolute atomic E-state index is 0.0954. The maximum Gasteiger partial charge on any atom is 0.318 e. The van der Waals surface area contributed by atoms with Gasteiger partial charge in [0, 0.05) is 13.1 Å². The largest absolute Gasteiger partial charge is 0.493 e. The summed E-state index contributed by atoms with van der Waals surface area (Å²) in [4.78, 5) is 14.4. The topological polar surface area (TPSA) is 63.9 Å². The third kappa shape index (κ3) is 3.57. The fourth-order valence-electron chi connectivity index (χ4n) is 3.09. The lowest BCUT2D eigenvalue weighted by Crippen LogP contribution is -2.43. The van der Waals surface area contributed by atoms with E-state index in [1.807, 2.05) is 38.1 Å². The summed E-state index contributed by atoms with van der Waals surface area (Å²) in [6.45, 7) is 5.02. The summed E-state index contributed by atoms with van der Waals surface area (Å²) in [7, 11) is 3.25. The average molecular weight is 344 g/mol. The number of carbonyl (C=O) groups excluding carboxylic acids is 1. The standard InChI is InChI=1S/C19H24N2O4/c1-12-5-6-16(25-12)13(2)20-19(22)21-8-7-14-9-17(23-3)18(24-4)10-15(14)11-21/h5-6,9-10,13H,7-8,11H2,1-4H3,(H,20,22)/t13-/m0/s1. The van der Waals surface area contributed by atoms with E-state index < -0.39 is 0 Å². The van der Waals surface area contributed by atoms with Gasteiger partial charge in [-0.25, -0.2) is 4.79 Å². The zero-order valence-electron chi connectivity index (χ0n) is 15.1. The van der Waals surface area contributed by atoms with E-state index in [-0.39, 0.29) is 12.1 Å². The van der Waals surface area contributed by atoms with E-state index in [1.54, 1.807) is 19.1 Å². The van der Waals surface area contributed by atoms with Crippen molar-refractivity contribution in [3.63, 3.8) is 0 Å². The summed E-state index contributed by atoms with van der Waals surface area (Å²) in [6.07, 6.45) is 0.789. The van der Waals surface area contributed by atoms with Gasteiger partial charge in [0.15, 0.2) is 11.5 Å². The SMILES string of the molecule is COc1cc2c(cc1OC)CN(C(=O)N[C@@H](C)c1ccc(C)o1)CC2. The highest BCUT2D eigenvalue weighted by Gasteiger charge is 2.24. The molecule has 134 valence electrons. The molecule has 1 aromatic heterocycles. The van der Waals surface area contributed by atoms with E-state index >= 15 is 0 Å². The van der Waals surface area contributed by atoms with Gasteiger partial charge in [0.05, 0.1) is 20.3 Å². The lowest BCUT2D eigenvalue weighted by atomic mass is 9.99. The predicted molar refractivity (Wildman–Crippen MR) is 94.1 cm³/mol. The van der Waals surface area contributed by atoms with Gasteiger partial charge in [-0.15, -0.1) is 0 Å². The van der Waals surface area contributed by atoms with E-state index in [0.717, 1.165) is 29.3 Å². The second kappa shape index (κ2) is 7.09. The van der Waals surface area contributed by atoms with Crippen molar-refractivity contribution >= 4 is 6.03 Å². The summed E-state index contributed by atoms with van der Waals surface area (Å²) in [6, 6.07) is 7.47. The Morgan fingerprint density at radius 3 is 2.48 bits per heavy atom. The Labute approximate surface area is 147 Å². The lowest BCUT2D eigenvalue weighted by Gasteiger charge is -2.30. The number of benzene rings is 1. The normalized spacial score (nSPS) is 14.6. The van der Waals surface area contributed by atoms with Crippen LogP contribution >= 0.6 is 0 Å². The van der Waals surface area contributed by atoms with Gasteiger partial charge >= 0.3 is 6.03 Å². The van der Waals surface area contributed by atoms with E-state index in [2.05, 4.69) is 5.32 Å². The zero-order chi connectivity index (χ0) is 18.0. The van der Waals surface area contributed by atoms with Crippen molar-refractivity contribution in [2.24, 2.45) is 0 Å². The molecule has 2 amide bonds. The number of ether oxygens (including phenoxy) is 2. The number of urea groups is 1. The number of hydrogen-bond acceptors (Lipinski definition) is 4. The van der Waals surface area contributed by atoms with E-state index in [9.17, 15) is 4.79 Å². The molecule has 6 heteroatoms. The van der Waals surface area contributed by atoms with E-state index in [4.69, 9.17) is 13.9 Å². The fourth-order valence-corrected chi connectivity index (χ4v) is 3.09. The van der Waals surface area contributed by atoms with Crippen LogP contribution in [0, 0.1) is 6.92 Å².